The number of aromatic nitrogens is 3. The Labute approximate surface area is 127 Å². The van der Waals surface area contributed by atoms with Crippen molar-refractivity contribution in [3.8, 4) is 0 Å². The van der Waals surface area contributed by atoms with Crippen LogP contribution in [-0.4, -0.2) is 21.5 Å². The minimum atomic E-state index is 0.725. The summed E-state index contributed by atoms with van der Waals surface area (Å²) in [6, 6.07) is 0. The zero-order chi connectivity index (χ0) is 13.9. The Morgan fingerprint density at radius 2 is 2.15 bits per heavy atom. The predicted octanol–water partition coefficient (Wildman–Crippen LogP) is 3.40. The highest BCUT2D eigenvalue weighted by Crippen LogP contribution is 2.33. The van der Waals surface area contributed by atoms with E-state index in [1.54, 1.807) is 11.3 Å². The van der Waals surface area contributed by atoms with Crippen LogP contribution in [0.1, 0.15) is 41.1 Å². The minimum absolute atomic E-state index is 0.725. The smallest absolute Gasteiger partial charge is 0.137 e. The number of fused-ring (bicyclic) bond motifs is 1. The summed E-state index contributed by atoms with van der Waals surface area (Å²) < 4.78 is 0. The molecule has 3 rings (SSSR count). The Balaban J connectivity index is 1.87. The molecule has 0 spiro atoms. The molecule has 1 N–H and O–H groups in total. The van der Waals surface area contributed by atoms with Crippen LogP contribution in [-0.2, 0) is 17.9 Å². The summed E-state index contributed by atoms with van der Waals surface area (Å²) in [6.45, 7) is 5.16. The van der Waals surface area contributed by atoms with Gasteiger partial charge < -0.3 is 5.32 Å². The van der Waals surface area contributed by atoms with Crippen LogP contribution in [0.2, 0.25) is 0 Å². The van der Waals surface area contributed by atoms with Gasteiger partial charge >= 0.3 is 0 Å². The molecular formula is C14H18N4S2. The third kappa shape index (κ3) is 2.96. The number of anilines is 1. The van der Waals surface area contributed by atoms with E-state index in [1.165, 1.54) is 11.3 Å². The van der Waals surface area contributed by atoms with Gasteiger partial charge in [-0.2, -0.15) is 11.8 Å². The van der Waals surface area contributed by atoms with Crippen molar-refractivity contribution in [3.05, 3.63) is 33.2 Å². The maximum Gasteiger partial charge on any atom is 0.137 e. The molecular weight excluding hydrogens is 288 g/mol. The normalized spacial score (nSPS) is 13.5. The van der Waals surface area contributed by atoms with Crippen LogP contribution in [0.3, 0.4) is 0 Å². The average Bonchev–Trinajstić information content (AvgIpc) is 3.05. The molecule has 2 aromatic heterocycles. The van der Waals surface area contributed by atoms with E-state index in [2.05, 4.69) is 22.6 Å². The third-order valence-corrected chi connectivity index (χ3v) is 4.97. The van der Waals surface area contributed by atoms with Crippen LogP contribution in [0.5, 0.6) is 0 Å². The van der Waals surface area contributed by atoms with Crippen LogP contribution >= 0.6 is 23.1 Å². The molecule has 0 saturated carbocycles. The summed E-state index contributed by atoms with van der Waals surface area (Å²) in [5, 5.41) is 6.64. The number of thiazole rings is 1. The van der Waals surface area contributed by atoms with Gasteiger partial charge in [-0.3, -0.25) is 0 Å². The highest BCUT2D eigenvalue weighted by Gasteiger charge is 2.19. The molecule has 0 bridgehead atoms. The van der Waals surface area contributed by atoms with E-state index < -0.39 is 0 Å². The number of rotatable bonds is 5. The number of hydrogen-bond acceptors (Lipinski definition) is 6. The first-order valence-corrected chi connectivity index (χ1v) is 8.91. The van der Waals surface area contributed by atoms with E-state index in [0.717, 1.165) is 53.2 Å². The Bertz CT molecular complexity index is 609. The summed E-state index contributed by atoms with van der Waals surface area (Å²) in [6.07, 6.45) is 1.83. The van der Waals surface area contributed by atoms with Crippen LogP contribution in [0.25, 0.3) is 0 Å². The highest BCUT2D eigenvalue weighted by atomic mass is 32.2. The van der Waals surface area contributed by atoms with Crippen LogP contribution in [0.4, 0.5) is 5.82 Å². The quantitative estimate of drug-likeness (QED) is 0.917. The Morgan fingerprint density at radius 3 is 2.90 bits per heavy atom. The molecule has 0 atom stereocenters. The highest BCUT2D eigenvalue weighted by molar-refractivity contribution is 7.98. The van der Waals surface area contributed by atoms with Crippen molar-refractivity contribution in [1.29, 1.82) is 0 Å². The maximum atomic E-state index is 4.72. The van der Waals surface area contributed by atoms with Crippen molar-refractivity contribution >= 4 is 28.9 Å². The topological polar surface area (TPSA) is 50.7 Å². The summed E-state index contributed by atoms with van der Waals surface area (Å²) in [5.41, 5.74) is 3.56. The van der Waals surface area contributed by atoms with Crippen molar-refractivity contribution in [2.24, 2.45) is 0 Å². The van der Waals surface area contributed by atoms with Crippen LogP contribution in [0.15, 0.2) is 5.38 Å². The molecule has 106 valence electrons. The van der Waals surface area contributed by atoms with E-state index in [-0.39, 0.29) is 0 Å². The molecule has 0 radical (unpaired) electrons. The van der Waals surface area contributed by atoms with Crippen LogP contribution in [0, 0.1) is 6.92 Å². The van der Waals surface area contributed by atoms with Gasteiger partial charge in [-0.15, -0.1) is 11.3 Å². The van der Waals surface area contributed by atoms with E-state index >= 15 is 0 Å². The van der Waals surface area contributed by atoms with Gasteiger partial charge in [-0.1, -0.05) is 6.92 Å². The lowest BCUT2D eigenvalue weighted by Gasteiger charge is -2.10. The SMILES string of the molecule is CCCNc1nc(Cc2csc(C)n2)nc2c1CSC2. The summed E-state index contributed by atoms with van der Waals surface area (Å²) in [5.74, 6) is 3.94. The second kappa shape index (κ2) is 6.10. The average molecular weight is 306 g/mol. The van der Waals surface area contributed by atoms with E-state index in [9.17, 15) is 0 Å². The molecule has 20 heavy (non-hydrogen) atoms. The lowest BCUT2D eigenvalue weighted by Crippen LogP contribution is -2.10. The standard InChI is InChI=1S/C14H18N4S2/c1-3-4-15-14-11-7-19-8-12(11)17-13(18-14)5-10-6-20-9(2)16-10/h6H,3-5,7-8H2,1-2H3,(H,15,17,18). The molecule has 3 heterocycles. The van der Waals surface area contributed by atoms with Crippen molar-refractivity contribution in [2.45, 2.75) is 38.2 Å². The lowest BCUT2D eigenvalue weighted by molar-refractivity contribution is 0.893. The molecule has 1 aliphatic rings. The van der Waals surface area contributed by atoms with Gasteiger partial charge in [0.25, 0.3) is 0 Å². The Kier molecular flexibility index (Phi) is 4.21. The van der Waals surface area contributed by atoms with E-state index in [0.29, 0.717) is 0 Å². The van der Waals surface area contributed by atoms with Crippen LogP contribution < -0.4 is 5.32 Å². The molecule has 0 saturated heterocycles. The summed E-state index contributed by atoms with van der Waals surface area (Å²) >= 11 is 3.59. The number of hydrogen-bond donors (Lipinski definition) is 1. The molecule has 0 amide bonds. The first-order chi connectivity index (χ1) is 9.76. The second-order valence-corrected chi connectivity index (χ2v) is 6.92. The Hall–Kier alpha value is -1.14. The third-order valence-electron chi connectivity index (χ3n) is 3.17. The van der Waals surface area contributed by atoms with Gasteiger partial charge in [-0.05, 0) is 13.3 Å². The molecule has 0 fully saturated rings. The fraction of sp³-hybridized carbons (Fsp3) is 0.500. The van der Waals surface area contributed by atoms with Gasteiger partial charge in [0.15, 0.2) is 0 Å². The van der Waals surface area contributed by atoms with Crippen molar-refractivity contribution in [2.75, 3.05) is 11.9 Å². The minimum Gasteiger partial charge on any atom is -0.370 e. The molecule has 2 aromatic rings. The lowest BCUT2D eigenvalue weighted by atomic mass is 10.2. The zero-order valence-electron chi connectivity index (χ0n) is 11.8. The monoisotopic (exact) mass is 306 g/mol. The largest absolute Gasteiger partial charge is 0.370 e. The molecule has 0 aliphatic carbocycles. The first-order valence-electron chi connectivity index (χ1n) is 6.87. The van der Waals surface area contributed by atoms with Gasteiger partial charge in [0.2, 0.25) is 0 Å². The molecule has 6 heteroatoms. The molecule has 4 nitrogen and oxygen atoms in total. The number of nitrogens with zero attached hydrogens (tertiary/aromatic N) is 3. The second-order valence-electron chi connectivity index (χ2n) is 4.87. The van der Waals surface area contributed by atoms with Gasteiger partial charge in [0, 0.05) is 29.0 Å². The summed E-state index contributed by atoms with van der Waals surface area (Å²) in [7, 11) is 0. The van der Waals surface area contributed by atoms with Gasteiger partial charge in [0.05, 0.1) is 22.8 Å². The van der Waals surface area contributed by atoms with Gasteiger partial charge in [0.1, 0.15) is 11.6 Å². The van der Waals surface area contributed by atoms with Crippen molar-refractivity contribution < 1.29 is 0 Å². The fourth-order valence-electron chi connectivity index (χ4n) is 2.22. The van der Waals surface area contributed by atoms with Gasteiger partial charge in [-0.25, -0.2) is 15.0 Å². The zero-order valence-corrected chi connectivity index (χ0v) is 13.4. The Morgan fingerprint density at radius 1 is 1.25 bits per heavy atom. The van der Waals surface area contributed by atoms with Crippen molar-refractivity contribution in [3.63, 3.8) is 0 Å². The number of aryl methyl sites for hydroxylation is 1. The van der Waals surface area contributed by atoms with Crippen molar-refractivity contribution in [1.82, 2.24) is 15.0 Å². The first kappa shape index (κ1) is 13.8. The van der Waals surface area contributed by atoms with E-state index in [1.807, 2.05) is 18.7 Å². The predicted molar refractivity (Wildman–Crippen MR) is 85.5 cm³/mol. The maximum absolute atomic E-state index is 4.72. The number of nitrogens with one attached hydrogen (secondary N) is 1. The molecule has 1 aliphatic heterocycles. The van der Waals surface area contributed by atoms with E-state index in [4.69, 9.17) is 9.97 Å². The fourth-order valence-corrected chi connectivity index (χ4v) is 3.88. The summed E-state index contributed by atoms with van der Waals surface area (Å²) in [4.78, 5) is 13.9. The molecule has 0 aromatic carbocycles. The molecule has 0 unspecified atom stereocenters. The number of thioether (sulfide) groups is 1.